The molecule has 3 rings (SSSR count). The number of carbonyl (C=O) groups is 1. The third kappa shape index (κ3) is 5.07. The Morgan fingerprint density at radius 3 is 2.71 bits per heavy atom. The summed E-state index contributed by atoms with van der Waals surface area (Å²) in [5.41, 5.74) is 2.86. The maximum atomic E-state index is 13.5. The number of rotatable bonds is 6. The molecule has 0 atom stereocenters. The van der Waals surface area contributed by atoms with Crippen LogP contribution in [0.1, 0.15) is 54.1 Å². The molecule has 1 aliphatic heterocycles. The first-order chi connectivity index (χ1) is 13.4. The van der Waals surface area contributed by atoms with Gasteiger partial charge in [-0.2, -0.15) is 0 Å². The number of aryl methyl sites for hydroxylation is 1. The Kier molecular flexibility index (Phi) is 6.62. The number of carbonyl (C=O) groups excluding carboxylic acids is 1. The summed E-state index contributed by atoms with van der Waals surface area (Å²) in [4.78, 5) is 17.1. The number of aromatic nitrogens is 1. The van der Waals surface area contributed by atoms with Gasteiger partial charge in [0.15, 0.2) is 0 Å². The van der Waals surface area contributed by atoms with E-state index in [2.05, 4.69) is 29.5 Å². The molecule has 28 heavy (non-hydrogen) atoms. The molecule has 0 bridgehead atoms. The fourth-order valence-electron chi connectivity index (χ4n) is 3.36. The predicted molar refractivity (Wildman–Crippen MR) is 109 cm³/mol. The van der Waals surface area contributed by atoms with Crippen LogP contribution in [0.5, 0.6) is 0 Å². The van der Waals surface area contributed by atoms with E-state index in [4.69, 9.17) is 4.74 Å². The van der Waals surface area contributed by atoms with E-state index in [9.17, 15) is 9.18 Å². The van der Waals surface area contributed by atoms with Crippen LogP contribution in [-0.4, -0.2) is 30.6 Å². The van der Waals surface area contributed by atoms with Crippen molar-refractivity contribution in [2.24, 2.45) is 5.92 Å². The zero-order valence-corrected chi connectivity index (χ0v) is 16.7. The molecule has 0 spiro atoms. The summed E-state index contributed by atoms with van der Waals surface area (Å²) in [5, 5.41) is 6.24. The molecule has 1 aliphatic rings. The number of hydrogen-bond acceptors (Lipinski definition) is 4. The third-order valence-electron chi connectivity index (χ3n) is 5.13. The fraction of sp³-hybridized carbons (Fsp3) is 0.455. The summed E-state index contributed by atoms with van der Waals surface area (Å²) in [5.74, 6) is 0.943. The second-order valence-electron chi connectivity index (χ2n) is 7.67. The molecular weight excluding hydrogens is 357 g/mol. The Bertz CT molecular complexity index is 833. The highest BCUT2D eigenvalue weighted by atomic mass is 19.1. The molecule has 0 unspecified atom stereocenters. The number of pyridine rings is 1. The molecule has 1 fully saturated rings. The van der Waals surface area contributed by atoms with Gasteiger partial charge in [0.05, 0.1) is 5.56 Å². The van der Waals surface area contributed by atoms with Crippen LogP contribution in [0, 0.1) is 18.7 Å². The van der Waals surface area contributed by atoms with Crippen molar-refractivity contribution in [3.63, 3.8) is 0 Å². The molecule has 5 nitrogen and oxygen atoms in total. The van der Waals surface area contributed by atoms with Gasteiger partial charge in [-0.05, 0) is 67.0 Å². The second kappa shape index (κ2) is 9.15. The second-order valence-corrected chi connectivity index (χ2v) is 7.67. The molecule has 2 aromatic rings. The van der Waals surface area contributed by atoms with Crippen LogP contribution in [-0.2, 0) is 4.74 Å². The summed E-state index contributed by atoms with van der Waals surface area (Å²) in [6, 6.07) is 6.74. The molecule has 1 aromatic heterocycles. The summed E-state index contributed by atoms with van der Waals surface area (Å²) < 4.78 is 18.8. The minimum atomic E-state index is -0.238. The Morgan fingerprint density at radius 1 is 1.29 bits per heavy atom. The van der Waals surface area contributed by atoms with Gasteiger partial charge < -0.3 is 15.4 Å². The van der Waals surface area contributed by atoms with E-state index in [1.54, 1.807) is 25.3 Å². The molecular formula is C22H28FN3O2. The zero-order chi connectivity index (χ0) is 20.1. The lowest BCUT2D eigenvalue weighted by molar-refractivity contribution is 0.0642. The van der Waals surface area contributed by atoms with E-state index in [1.807, 2.05) is 6.07 Å². The van der Waals surface area contributed by atoms with Gasteiger partial charge in [-0.1, -0.05) is 13.8 Å². The van der Waals surface area contributed by atoms with Crippen molar-refractivity contribution < 1.29 is 13.9 Å². The Morgan fingerprint density at radius 2 is 2.04 bits per heavy atom. The molecule has 150 valence electrons. The van der Waals surface area contributed by atoms with E-state index in [0.29, 0.717) is 29.4 Å². The van der Waals surface area contributed by atoms with Crippen LogP contribution in [0.2, 0.25) is 0 Å². The Balaban J connectivity index is 1.72. The highest BCUT2D eigenvalue weighted by molar-refractivity contribution is 5.95. The van der Waals surface area contributed by atoms with E-state index in [-0.39, 0.29) is 17.6 Å². The van der Waals surface area contributed by atoms with Gasteiger partial charge in [0.25, 0.3) is 5.91 Å². The van der Waals surface area contributed by atoms with E-state index < -0.39 is 0 Å². The van der Waals surface area contributed by atoms with E-state index in [0.717, 1.165) is 37.3 Å². The molecule has 2 heterocycles. The molecule has 0 radical (unpaired) electrons. The number of anilines is 2. The molecule has 1 saturated heterocycles. The first kappa shape index (κ1) is 20.3. The van der Waals surface area contributed by atoms with Crippen molar-refractivity contribution in [3.8, 4) is 0 Å². The van der Waals surface area contributed by atoms with Crippen molar-refractivity contribution >= 4 is 17.4 Å². The average molecular weight is 385 g/mol. The number of nitrogens with one attached hydrogen (secondary N) is 2. The highest BCUT2D eigenvalue weighted by Gasteiger charge is 2.19. The fourth-order valence-corrected chi connectivity index (χ4v) is 3.36. The van der Waals surface area contributed by atoms with Crippen molar-refractivity contribution in [2.75, 3.05) is 25.1 Å². The molecule has 2 N–H and O–H groups in total. The molecule has 6 heteroatoms. The maximum absolute atomic E-state index is 13.5. The quantitative estimate of drug-likeness (QED) is 0.766. The van der Waals surface area contributed by atoms with E-state index >= 15 is 0 Å². The van der Waals surface area contributed by atoms with Gasteiger partial charge in [-0.25, -0.2) is 9.37 Å². The van der Waals surface area contributed by atoms with Crippen molar-refractivity contribution in [3.05, 3.63) is 53.0 Å². The lowest BCUT2D eigenvalue weighted by Gasteiger charge is -2.22. The lowest BCUT2D eigenvalue weighted by Crippen LogP contribution is -2.32. The first-order valence-corrected chi connectivity index (χ1v) is 9.83. The summed E-state index contributed by atoms with van der Waals surface area (Å²) in [6.45, 7) is 8.02. The van der Waals surface area contributed by atoms with Crippen molar-refractivity contribution in [1.29, 1.82) is 0 Å². The van der Waals surface area contributed by atoms with Gasteiger partial charge >= 0.3 is 0 Å². The van der Waals surface area contributed by atoms with Crippen molar-refractivity contribution in [1.82, 2.24) is 10.3 Å². The number of hydrogen-bond donors (Lipinski definition) is 2. The number of halogens is 1. The third-order valence-corrected chi connectivity index (χ3v) is 5.13. The largest absolute Gasteiger partial charge is 0.381 e. The number of ether oxygens (including phenoxy) is 1. The topological polar surface area (TPSA) is 63.2 Å². The lowest BCUT2D eigenvalue weighted by atomic mass is 9.97. The molecule has 0 aliphatic carbocycles. The summed E-state index contributed by atoms with van der Waals surface area (Å²) in [7, 11) is 0. The number of benzene rings is 1. The van der Waals surface area contributed by atoms with Crippen LogP contribution in [0.4, 0.5) is 15.9 Å². The van der Waals surface area contributed by atoms with Gasteiger partial charge in [0.1, 0.15) is 11.6 Å². The minimum absolute atomic E-state index is 0.0909. The standard InChI is InChI=1S/C22H28FN3O2/c1-14(2)18-11-21(26-17-4-5-20(23)15(3)10-17)24-13-19(18)22(27)25-12-16-6-8-28-9-7-16/h4-5,10-11,13-14,16H,6-9,12H2,1-3H3,(H,24,26)(H,25,27). The predicted octanol–water partition coefficient (Wildman–Crippen LogP) is 4.55. The van der Waals surface area contributed by atoms with Crippen LogP contribution in [0.15, 0.2) is 30.5 Å². The molecule has 1 amide bonds. The summed E-state index contributed by atoms with van der Waals surface area (Å²) >= 11 is 0. The van der Waals surface area contributed by atoms with Gasteiger partial charge in [0, 0.05) is 31.6 Å². The Hall–Kier alpha value is -2.47. The summed E-state index contributed by atoms with van der Waals surface area (Å²) in [6.07, 6.45) is 3.58. The number of nitrogens with zero attached hydrogens (tertiary/aromatic N) is 1. The SMILES string of the molecule is Cc1cc(Nc2cc(C(C)C)c(C(=O)NCC3CCOCC3)cn2)ccc1F. The smallest absolute Gasteiger partial charge is 0.253 e. The maximum Gasteiger partial charge on any atom is 0.253 e. The molecule has 0 saturated carbocycles. The van der Waals surface area contributed by atoms with Gasteiger partial charge in [-0.3, -0.25) is 4.79 Å². The van der Waals surface area contributed by atoms with Crippen LogP contribution in [0.25, 0.3) is 0 Å². The first-order valence-electron chi connectivity index (χ1n) is 9.83. The van der Waals surface area contributed by atoms with Crippen LogP contribution < -0.4 is 10.6 Å². The van der Waals surface area contributed by atoms with Gasteiger partial charge in [-0.15, -0.1) is 0 Å². The normalized spacial score (nSPS) is 14.9. The Labute approximate surface area is 165 Å². The van der Waals surface area contributed by atoms with E-state index in [1.165, 1.54) is 6.07 Å². The monoisotopic (exact) mass is 385 g/mol. The van der Waals surface area contributed by atoms with Crippen molar-refractivity contribution in [2.45, 2.75) is 39.5 Å². The minimum Gasteiger partial charge on any atom is -0.381 e. The zero-order valence-electron chi connectivity index (χ0n) is 16.7. The van der Waals surface area contributed by atoms with Gasteiger partial charge in [0.2, 0.25) is 0 Å². The van der Waals surface area contributed by atoms with Crippen LogP contribution >= 0.6 is 0 Å². The number of amides is 1. The van der Waals surface area contributed by atoms with Crippen LogP contribution in [0.3, 0.4) is 0 Å². The molecule has 1 aromatic carbocycles. The highest BCUT2D eigenvalue weighted by Crippen LogP contribution is 2.25. The average Bonchev–Trinajstić information content (AvgIpc) is 2.69.